The molecule has 0 atom stereocenters. The first-order valence-corrected chi connectivity index (χ1v) is 7.16. The highest BCUT2D eigenvalue weighted by Crippen LogP contribution is 2.28. The van der Waals surface area contributed by atoms with Crippen molar-refractivity contribution < 1.29 is 4.79 Å². The van der Waals surface area contributed by atoms with E-state index in [4.69, 9.17) is 11.6 Å². The van der Waals surface area contributed by atoms with E-state index in [9.17, 15) is 4.79 Å². The molecule has 0 fully saturated rings. The van der Waals surface area contributed by atoms with Gasteiger partial charge in [0.2, 0.25) is 5.78 Å². The van der Waals surface area contributed by atoms with E-state index in [1.54, 1.807) is 18.2 Å². The Balaban J connectivity index is 2.45. The third-order valence-electron chi connectivity index (χ3n) is 1.95. The average Bonchev–Trinajstić information content (AvgIpc) is 2.62. The van der Waals surface area contributed by atoms with Crippen molar-refractivity contribution in [3.8, 4) is 0 Å². The lowest BCUT2D eigenvalue weighted by molar-refractivity contribution is 0.104. The van der Waals surface area contributed by atoms with Crippen molar-refractivity contribution in [2.75, 3.05) is 0 Å². The van der Waals surface area contributed by atoms with E-state index < -0.39 is 0 Å². The molecule has 5 heteroatoms. The molecule has 82 valence electrons. The molecule has 1 nitrogen and oxygen atoms in total. The number of hydrogen-bond acceptors (Lipinski definition) is 2. The van der Waals surface area contributed by atoms with Crippen LogP contribution in [0.25, 0.3) is 0 Å². The van der Waals surface area contributed by atoms with Gasteiger partial charge in [-0.15, -0.1) is 11.3 Å². The Morgan fingerprint density at radius 2 is 2.00 bits per heavy atom. The zero-order valence-electron chi connectivity index (χ0n) is 7.84. The minimum absolute atomic E-state index is 0.0231. The number of benzene rings is 1. The number of ketones is 1. The number of rotatable bonds is 2. The van der Waals surface area contributed by atoms with Crippen LogP contribution >= 0.6 is 54.8 Å². The van der Waals surface area contributed by atoms with Crippen LogP contribution in [-0.2, 0) is 0 Å². The summed E-state index contributed by atoms with van der Waals surface area (Å²) in [5.74, 6) is -0.0231. The molecule has 0 N–H and O–H groups in total. The van der Waals surface area contributed by atoms with Gasteiger partial charge >= 0.3 is 0 Å². The molecule has 16 heavy (non-hydrogen) atoms. The summed E-state index contributed by atoms with van der Waals surface area (Å²) in [6.45, 7) is 0. The molecule has 0 aliphatic heterocycles. The molecule has 1 heterocycles. The van der Waals surface area contributed by atoms with Crippen molar-refractivity contribution in [3.63, 3.8) is 0 Å². The van der Waals surface area contributed by atoms with E-state index in [0.717, 1.165) is 8.95 Å². The van der Waals surface area contributed by atoms with Gasteiger partial charge in [0.1, 0.15) is 0 Å². The second kappa shape index (κ2) is 5.00. The molecule has 1 aromatic heterocycles. The van der Waals surface area contributed by atoms with Gasteiger partial charge < -0.3 is 0 Å². The van der Waals surface area contributed by atoms with E-state index in [-0.39, 0.29) is 5.78 Å². The smallest absolute Gasteiger partial charge is 0.204 e. The van der Waals surface area contributed by atoms with Gasteiger partial charge in [0.05, 0.1) is 4.88 Å². The standard InChI is InChI=1S/C11H5Br2ClOS/c12-7-3-6(4-8(14)5-7)10(15)11-9(13)1-2-16-11/h1-5H. The number of halogens is 3. The molecule has 0 saturated carbocycles. The molecule has 0 amide bonds. The molecule has 0 aliphatic carbocycles. The predicted molar refractivity (Wildman–Crippen MR) is 74.6 cm³/mol. The monoisotopic (exact) mass is 378 g/mol. The molecule has 2 aromatic rings. The van der Waals surface area contributed by atoms with Crippen molar-refractivity contribution in [2.45, 2.75) is 0 Å². The van der Waals surface area contributed by atoms with Gasteiger partial charge in [0.15, 0.2) is 0 Å². The lowest BCUT2D eigenvalue weighted by atomic mass is 10.1. The van der Waals surface area contributed by atoms with Crippen molar-refractivity contribution in [1.29, 1.82) is 0 Å². The molecule has 0 radical (unpaired) electrons. The summed E-state index contributed by atoms with van der Waals surface area (Å²) in [6, 6.07) is 7.04. The van der Waals surface area contributed by atoms with Gasteiger partial charge in [-0.25, -0.2) is 0 Å². The fourth-order valence-corrected chi connectivity index (χ4v) is 3.65. The first-order chi connectivity index (χ1) is 7.58. The molecular weight excluding hydrogens is 375 g/mol. The molecular formula is C11H5Br2ClOS. The van der Waals surface area contributed by atoms with Gasteiger partial charge in [0.25, 0.3) is 0 Å². The van der Waals surface area contributed by atoms with Crippen LogP contribution in [0, 0.1) is 0 Å². The van der Waals surface area contributed by atoms with Crippen LogP contribution in [0.1, 0.15) is 15.2 Å². The van der Waals surface area contributed by atoms with E-state index in [1.165, 1.54) is 11.3 Å². The Labute approximate surface area is 119 Å². The largest absolute Gasteiger partial charge is 0.288 e. The Morgan fingerprint density at radius 1 is 1.25 bits per heavy atom. The normalized spacial score (nSPS) is 10.4. The van der Waals surface area contributed by atoms with E-state index in [1.807, 2.05) is 11.4 Å². The Kier molecular flexibility index (Phi) is 3.85. The SMILES string of the molecule is O=C(c1cc(Cl)cc(Br)c1)c1sccc1Br. The number of thiophene rings is 1. The van der Waals surface area contributed by atoms with E-state index in [0.29, 0.717) is 15.5 Å². The topological polar surface area (TPSA) is 17.1 Å². The summed E-state index contributed by atoms with van der Waals surface area (Å²) in [6.07, 6.45) is 0. The van der Waals surface area contributed by atoms with Gasteiger partial charge in [-0.2, -0.15) is 0 Å². The lowest BCUT2D eigenvalue weighted by Crippen LogP contribution is -1.99. The second-order valence-electron chi connectivity index (χ2n) is 3.08. The van der Waals surface area contributed by atoms with Crippen molar-refractivity contribution in [3.05, 3.63) is 54.1 Å². The van der Waals surface area contributed by atoms with Crippen LogP contribution in [-0.4, -0.2) is 5.78 Å². The minimum atomic E-state index is -0.0231. The minimum Gasteiger partial charge on any atom is -0.288 e. The van der Waals surface area contributed by atoms with Crippen molar-refractivity contribution in [1.82, 2.24) is 0 Å². The van der Waals surface area contributed by atoms with Crippen molar-refractivity contribution in [2.24, 2.45) is 0 Å². The first-order valence-electron chi connectivity index (χ1n) is 4.31. The molecule has 1 aromatic carbocycles. The number of carbonyl (C=O) groups excluding carboxylic acids is 1. The van der Waals surface area contributed by atoms with Crippen molar-refractivity contribution >= 4 is 60.6 Å². The molecule has 0 unspecified atom stereocenters. The summed E-state index contributed by atoms with van der Waals surface area (Å²) in [4.78, 5) is 12.8. The summed E-state index contributed by atoms with van der Waals surface area (Å²) in [7, 11) is 0. The van der Waals surface area contributed by atoms with Gasteiger partial charge in [0, 0.05) is 19.5 Å². The maximum absolute atomic E-state index is 12.1. The average molecular weight is 380 g/mol. The molecule has 0 aliphatic rings. The van der Waals surface area contributed by atoms with Gasteiger partial charge in [-0.3, -0.25) is 4.79 Å². The highest BCUT2D eigenvalue weighted by molar-refractivity contribution is 9.10. The molecule has 0 saturated heterocycles. The second-order valence-corrected chi connectivity index (χ2v) is 6.21. The van der Waals surface area contributed by atoms with Crippen LogP contribution in [0.4, 0.5) is 0 Å². The quantitative estimate of drug-likeness (QED) is 0.658. The molecule has 0 spiro atoms. The van der Waals surface area contributed by atoms with Crippen LogP contribution < -0.4 is 0 Å². The van der Waals surface area contributed by atoms with Crippen LogP contribution in [0.15, 0.2) is 38.6 Å². The van der Waals surface area contributed by atoms with E-state index >= 15 is 0 Å². The van der Waals surface area contributed by atoms with E-state index in [2.05, 4.69) is 31.9 Å². The first kappa shape index (κ1) is 12.3. The fourth-order valence-electron chi connectivity index (χ4n) is 1.27. The summed E-state index contributed by atoms with van der Waals surface area (Å²) < 4.78 is 1.62. The number of carbonyl (C=O) groups is 1. The Morgan fingerprint density at radius 3 is 2.56 bits per heavy atom. The van der Waals surface area contributed by atoms with Crippen LogP contribution in [0.2, 0.25) is 5.02 Å². The lowest BCUT2D eigenvalue weighted by Gasteiger charge is -2.01. The number of hydrogen-bond donors (Lipinski definition) is 0. The predicted octanol–water partition coefficient (Wildman–Crippen LogP) is 5.16. The Bertz CT molecular complexity index is 530. The molecule has 0 bridgehead atoms. The fraction of sp³-hybridized carbons (Fsp3) is 0. The maximum atomic E-state index is 12.1. The summed E-state index contributed by atoms with van der Waals surface area (Å²) >= 11 is 14.0. The maximum Gasteiger partial charge on any atom is 0.204 e. The summed E-state index contributed by atoms with van der Waals surface area (Å²) in [5.41, 5.74) is 0.586. The summed E-state index contributed by atoms with van der Waals surface area (Å²) in [5, 5.41) is 2.42. The van der Waals surface area contributed by atoms with Crippen LogP contribution in [0.3, 0.4) is 0 Å². The third-order valence-corrected chi connectivity index (χ3v) is 4.46. The zero-order valence-corrected chi connectivity index (χ0v) is 12.6. The van der Waals surface area contributed by atoms with Gasteiger partial charge in [-0.05, 0) is 45.6 Å². The third kappa shape index (κ3) is 2.56. The van der Waals surface area contributed by atoms with Gasteiger partial charge in [-0.1, -0.05) is 27.5 Å². The highest BCUT2D eigenvalue weighted by Gasteiger charge is 2.14. The zero-order chi connectivity index (χ0) is 11.7. The molecule has 2 rings (SSSR count). The Hall–Kier alpha value is -0.160. The highest BCUT2D eigenvalue weighted by atomic mass is 79.9. The van der Waals surface area contributed by atoms with Crippen LogP contribution in [0.5, 0.6) is 0 Å².